The molecule has 6 rings (SSSR count). The number of nitrogens with zero attached hydrogens (tertiary/aromatic N) is 2. The zero-order valence-electron chi connectivity index (χ0n) is 16.6. The normalized spacial score (nSPS) is 24.4. The molecule has 0 unspecified atom stereocenters. The van der Waals surface area contributed by atoms with Crippen LogP contribution in [0.3, 0.4) is 0 Å². The van der Waals surface area contributed by atoms with Crippen molar-refractivity contribution >= 4 is 5.70 Å². The number of hydrazine groups is 1. The molecule has 1 saturated heterocycles. The first-order chi connectivity index (χ1) is 14.3. The van der Waals surface area contributed by atoms with E-state index in [0.29, 0.717) is 0 Å². The zero-order chi connectivity index (χ0) is 19.4. The third-order valence-corrected chi connectivity index (χ3v) is 6.59. The quantitative estimate of drug-likeness (QED) is 0.845. The maximum Gasteiger partial charge on any atom is 0.231 e. The number of para-hydroxylation sites is 1. The standard InChI is InChI=1S/C23H25N3O3/c1-2-25-11-9-23(10-12-25)26-19(17-5-3-4-6-20(17)29-23)14-18(24-26)16-7-8-21-22(13-16)28-15-27-21/h3-8,13-14,19,24H,2,9-12,15H2,1H3/t19-/m1/s1. The van der Waals surface area contributed by atoms with Gasteiger partial charge in [-0.2, -0.15) is 5.01 Å². The van der Waals surface area contributed by atoms with Crippen molar-refractivity contribution in [1.82, 2.24) is 15.3 Å². The highest BCUT2D eigenvalue weighted by molar-refractivity contribution is 5.70. The monoisotopic (exact) mass is 391 g/mol. The fourth-order valence-electron chi connectivity index (χ4n) is 4.91. The van der Waals surface area contributed by atoms with E-state index in [1.54, 1.807) is 0 Å². The lowest BCUT2D eigenvalue weighted by Crippen LogP contribution is -2.63. The van der Waals surface area contributed by atoms with Crippen LogP contribution >= 0.6 is 0 Å². The van der Waals surface area contributed by atoms with Gasteiger partial charge in [0.05, 0.1) is 11.7 Å². The highest BCUT2D eigenvalue weighted by Crippen LogP contribution is 2.48. The Morgan fingerprint density at radius 1 is 1.03 bits per heavy atom. The molecule has 6 heteroatoms. The average molecular weight is 391 g/mol. The van der Waals surface area contributed by atoms with Crippen LogP contribution in [0, 0.1) is 0 Å². The zero-order valence-corrected chi connectivity index (χ0v) is 16.6. The number of piperidine rings is 1. The van der Waals surface area contributed by atoms with Crippen LogP contribution in [0.4, 0.5) is 0 Å². The van der Waals surface area contributed by atoms with E-state index in [0.717, 1.165) is 61.0 Å². The first kappa shape index (κ1) is 17.2. The Kier molecular flexibility index (Phi) is 3.79. The van der Waals surface area contributed by atoms with Crippen LogP contribution in [0.15, 0.2) is 48.5 Å². The summed E-state index contributed by atoms with van der Waals surface area (Å²) in [6.07, 6.45) is 4.26. The summed E-state index contributed by atoms with van der Waals surface area (Å²) in [6, 6.07) is 14.7. The number of benzene rings is 2. The van der Waals surface area contributed by atoms with Gasteiger partial charge in [-0.3, -0.25) is 0 Å². The van der Waals surface area contributed by atoms with Crippen LogP contribution in [0.25, 0.3) is 5.70 Å². The Morgan fingerprint density at radius 3 is 2.72 bits per heavy atom. The Bertz CT molecular complexity index is 981. The van der Waals surface area contributed by atoms with E-state index in [-0.39, 0.29) is 18.6 Å². The van der Waals surface area contributed by atoms with Gasteiger partial charge in [0, 0.05) is 37.1 Å². The molecule has 150 valence electrons. The number of rotatable bonds is 2. The molecule has 1 N–H and O–H groups in total. The molecular formula is C23H25N3O3. The second-order valence-corrected chi connectivity index (χ2v) is 8.10. The molecule has 2 aromatic carbocycles. The fraction of sp³-hybridized carbons (Fsp3) is 0.391. The van der Waals surface area contributed by atoms with E-state index < -0.39 is 0 Å². The number of likely N-dealkylation sites (tertiary alicyclic amines) is 1. The van der Waals surface area contributed by atoms with Crippen molar-refractivity contribution in [2.24, 2.45) is 0 Å². The SMILES string of the molecule is CCN1CCC2(CC1)Oc1ccccc1[C@H]1C=C(c3ccc4c(c3)OCO4)NN12. The summed E-state index contributed by atoms with van der Waals surface area (Å²) in [5, 5.41) is 2.34. The van der Waals surface area contributed by atoms with Crippen molar-refractivity contribution < 1.29 is 14.2 Å². The highest BCUT2D eigenvalue weighted by atomic mass is 16.7. The van der Waals surface area contributed by atoms with E-state index in [2.05, 4.69) is 64.7 Å². The first-order valence-electron chi connectivity index (χ1n) is 10.4. The Balaban J connectivity index is 1.38. The minimum absolute atomic E-state index is 0.147. The fourth-order valence-corrected chi connectivity index (χ4v) is 4.91. The van der Waals surface area contributed by atoms with Gasteiger partial charge in [0.1, 0.15) is 5.75 Å². The van der Waals surface area contributed by atoms with Crippen molar-refractivity contribution in [2.45, 2.75) is 31.5 Å². The molecule has 4 aliphatic rings. The van der Waals surface area contributed by atoms with Crippen molar-refractivity contribution in [2.75, 3.05) is 26.4 Å². The number of hydrogen-bond acceptors (Lipinski definition) is 6. The maximum absolute atomic E-state index is 6.68. The summed E-state index contributed by atoms with van der Waals surface area (Å²) in [4.78, 5) is 2.49. The molecule has 4 heterocycles. The van der Waals surface area contributed by atoms with Crippen molar-refractivity contribution in [3.63, 3.8) is 0 Å². The third kappa shape index (κ3) is 2.63. The lowest BCUT2D eigenvalue weighted by molar-refractivity contribution is -0.159. The number of nitrogens with one attached hydrogen (secondary N) is 1. The van der Waals surface area contributed by atoms with Gasteiger partial charge in [-0.1, -0.05) is 25.1 Å². The predicted molar refractivity (Wildman–Crippen MR) is 109 cm³/mol. The summed E-state index contributed by atoms with van der Waals surface area (Å²) in [7, 11) is 0. The van der Waals surface area contributed by atoms with E-state index >= 15 is 0 Å². The molecule has 1 spiro atoms. The Hall–Kier alpha value is -2.70. The summed E-state index contributed by atoms with van der Waals surface area (Å²) >= 11 is 0. The Labute approximate surface area is 170 Å². The van der Waals surface area contributed by atoms with Crippen LogP contribution in [0.5, 0.6) is 17.2 Å². The van der Waals surface area contributed by atoms with Crippen LogP contribution in [0.1, 0.15) is 36.9 Å². The topological polar surface area (TPSA) is 46.2 Å². The molecule has 0 amide bonds. The van der Waals surface area contributed by atoms with Gasteiger partial charge >= 0.3 is 0 Å². The maximum atomic E-state index is 6.68. The summed E-state index contributed by atoms with van der Waals surface area (Å²) in [6.45, 7) is 5.69. The molecule has 4 aliphatic heterocycles. The van der Waals surface area contributed by atoms with Gasteiger partial charge < -0.3 is 24.5 Å². The van der Waals surface area contributed by atoms with Gasteiger partial charge in [-0.05, 0) is 36.9 Å². The molecule has 0 radical (unpaired) electrons. The molecule has 0 saturated carbocycles. The van der Waals surface area contributed by atoms with E-state index in [9.17, 15) is 0 Å². The minimum atomic E-state index is -0.334. The van der Waals surface area contributed by atoms with Gasteiger partial charge in [-0.15, -0.1) is 0 Å². The first-order valence-corrected chi connectivity index (χ1v) is 10.4. The van der Waals surface area contributed by atoms with Crippen molar-refractivity contribution in [1.29, 1.82) is 0 Å². The average Bonchev–Trinajstić information content (AvgIpc) is 3.42. The van der Waals surface area contributed by atoms with Crippen LogP contribution in [-0.2, 0) is 0 Å². The molecule has 0 aliphatic carbocycles. The van der Waals surface area contributed by atoms with Crippen molar-refractivity contribution in [3.05, 3.63) is 59.7 Å². The van der Waals surface area contributed by atoms with Gasteiger partial charge in [0.2, 0.25) is 6.79 Å². The Morgan fingerprint density at radius 2 is 1.86 bits per heavy atom. The third-order valence-electron chi connectivity index (χ3n) is 6.59. The molecule has 29 heavy (non-hydrogen) atoms. The summed E-state index contributed by atoms with van der Waals surface area (Å²) < 4.78 is 17.7. The van der Waals surface area contributed by atoms with Gasteiger partial charge in [0.15, 0.2) is 17.2 Å². The van der Waals surface area contributed by atoms with Crippen LogP contribution in [-0.4, -0.2) is 42.1 Å². The van der Waals surface area contributed by atoms with E-state index in [4.69, 9.17) is 14.2 Å². The van der Waals surface area contributed by atoms with E-state index in [1.807, 2.05) is 6.07 Å². The predicted octanol–water partition coefficient (Wildman–Crippen LogP) is 3.52. The largest absolute Gasteiger partial charge is 0.470 e. The lowest BCUT2D eigenvalue weighted by Gasteiger charge is -2.51. The molecule has 0 aromatic heterocycles. The molecule has 0 bridgehead atoms. The van der Waals surface area contributed by atoms with Crippen LogP contribution < -0.4 is 19.6 Å². The van der Waals surface area contributed by atoms with E-state index in [1.165, 1.54) is 5.56 Å². The lowest BCUT2D eigenvalue weighted by atomic mass is 9.93. The van der Waals surface area contributed by atoms with Gasteiger partial charge in [0.25, 0.3) is 0 Å². The molecule has 6 nitrogen and oxygen atoms in total. The second-order valence-electron chi connectivity index (χ2n) is 8.10. The number of fused-ring (bicyclic) bond motifs is 5. The van der Waals surface area contributed by atoms with Gasteiger partial charge in [-0.25, -0.2) is 0 Å². The summed E-state index contributed by atoms with van der Waals surface area (Å²) in [5.74, 6) is 2.61. The van der Waals surface area contributed by atoms with Crippen LogP contribution in [0.2, 0.25) is 0 Å². The van der Waals surface area contributed by atoms with Crippen molar-refractivity contribution in [3.8, 4) is 17.2 Å². The number of ether oxygens (including phenoxy) is 3. The minimum Gasteiger partial charge on any atom is -0.470 e. The smallest absolute Gasteiger partial charge is 0.231 e. The summed E-state index contributed by atoms with van der Waals surface area (Å²) in [5.41, 5.74) is 6.75. The molecule has 2 aromatic rings. The molecular weight excluding hydrogens is 366 g/mol. The molecule has 1 fully saturated rings. The highest BCUT2D eigenvalue weighted by Gasteiger charge is 2.51. The second kappa shape index (κ2) is 6.40. The molecule has 1 atom stereocenters. The number of hydrogen-bond donors (Lipinski definition) is 1.